The number of ether oxygens (including phenoxy) is 1. The fourth-order valence-electron chi connectivity index (χ4n) is 2.19. The summed E-state index contributed by atoms with van der Waals surface area (Å²) >= 11 is 0. The first kappa shape index (κ1) is 15.4. The van der Waals surface area contributed by atoms with E-state index in [1.165, 1.54) is 29.3 Å². The van der Waals surface area contributed by atoms with Gasteiger partial charge in [-0.15, -0.1) is 13.2 Å². The molecule has 0 amide bonds. The highest BCUT2D eigenvalue weighted by Crippen LogP contribution is 2.28. The molecule has 0 spiro atoms. The Morgan fingerprint density at radius 1 is 1.19 bits per heavy atom. The molecule has 4 nitrogen and oxygen atoms in total. The van der Waals surface area contributed by atoms with Crippen LogP contribution in [0.25, 0.3) is 5.57 Å². The molecule has 0 aromatic heterocycles. The molecule has 0 radical (unpaired) electrons. The quantitative estimate of drug-likeness (QED) is 0.851. The smallest absolute Gasteiger partial charge is 0.406 e. The molecule has 2 rings (SSSR count). The minimum absolute atomic E-state index is 0.321. The van der Waals surface area contributed by atoms with Crippen LogP contribution < -0.4 is 4.74 Å². The molecule has 0 saturated carbocycles. The molecule has 1 aromatic rings. The van der Waals surface area contributed by atoms with Crippen molar-refractivity contribution in [3.8, 4) is 11.8 Å². The van der Waals surface area contributed by atoms with Gasteiger partial charge in [-0.25, -0.2) is 0 Å². The van der Waals surface area contributed by atoms with Gasteiger partial charge in [0.25, 0.3) is 0 Å². The van der Waals surface area contributed by atoms with Crippen molar-refractivity contribution >= 4 is 5.57 Å². The van der Waals surface area contributed by atoms with Crippen LogP contribution in [0.4, 0.5) is 13.2 Å². The van der Waals surface area contributed by atoms with Crippen LogP contribution in [0.1, 0.15) is 18.4 Å². The van der Waals surface area contributed by atoms with E-state index in [1.807, 2.05) is 0 Å². The SMILES string of the molecule is N#CC(=C1CCN(O)CC1)c1ccc(OC(F)(F)F)cc1. The molecule has 0 aliphatic carbocycles. The third kappa shape index (κ3) is 4.21. The van der Waals surface area contributed by atoms with Crippen molar-refractivity contribution in [1.29, 1.82) is 5.26 Å². The van der Waals surface area contributed by atoms with Gasteiger partial charge in [-0.05, 0) is 48.2 Å². The van der Waals surface area contributed by atoms with Gasteiger partial charge in [0.05, 0.1) is 11.6 Å². The number of halogens is 3. The molecule has 1 fully saturated rings. The first-order chi connectivity index (χ1) is 9.89. The number of piperidine rings is 1. The maximum Gasteiger partial charge on any atom is 0.573 e. The van der Waals surface area contributed by atoms with E-state index in [2.05, 4.69) is 10.8 Å². The Kier molecular flexibility index (Phi) is 4.50. The second kappa shape index (κ2) is 6.16. The Morgan fingerprint density at radius 2 is 1.76 bits per heavy atom. The zero-order valence-electron chi connectivity index (χ0n) is 11.0. The zero-order chi connectivity index (χ0) is 15.5. The van der Waals surface area contributed by atoms with Crippen molar-refractivity contribution in [2.45, 2.75) is 19.2 Å². The number of alkyl halides is 3. The van der Waals surface area contributed by atoms with Crippen molar-refractivity contribution in [3.63, 3.8) is 0 Å². The van der Waals surface area contributed by atoms with Crippen LogP contribution in [-0.4, -0.2) is 29.7 Å². The molecule has 7 heteroatoms. The molecular formula is C14H13F3N2O2. The standard InChI is InChI=1S/C14H13F3N2O2/c15-14(16,17)21-12-3-1-10(2-4-12)13(9-18)11-5-7-19(20)8-6-11/h1-4,20H,5-8H2. The fraction of sp³-hybridized carbons (Fsp3) is 0.357. The first-order valence-electron chi connectivity index (χ1n) is 6.31. The van der Waals surface area contributed by atoms with E-state index in [4.69, 9.17) is 0 Å². The Balaban J connectivity index is 2.20. The molecule has 1 aliphatic rings. The van der Waals surface area contributed by atoms with Crippen molar-refractivity contribution in [3.05, 3.63) is 35.4 Å². The summed E-state index contributed by atoms with van der Waals surface area (Å²) in [5.74, 6) is -0.321. The summed E-state index contributed by atoms with van der Waals surface area (Å²) in [6.45, 7) is 0.881. The summed E-state index contributed by atoms with van der Waals surface area (Å²) in [7, 11) is 0. The minimum atomic E-state index is -4.73. The van der Waals surface area contributed by atoms with Crippen LogP contribution in [0, 0.1) is 11.3 Å². The van der Waals surface area contributed by atoms with Crippen molar-refractivity contribution < 1.29 is 23.1 Å². The maximum absolute atomic E-state index is 12.1. The molecule has 21 heavy (non-hydrogen) atoms. The van der Waals surface area contributed by atoms with E-state index < -0.39 is 6.36 Å². The van der Waals surface area contributed by atoms with Crippen molar-refractivity contribution in [2.75, 3.05) is 13.1 Å². The number of rotatable bonds is 2. The largest absolute Gasteiger partial charge is 0.573 e. The maximum atomic E-state index is 12.1. The van der Waals surface area contributed by atoms with Gasteiger partial charge in [0.15, 0.2) is 0 Å². The number of allylic oxidation sites excluding steroid dienone is 1. The van der Waals surface area contributed by atoms with Gasteiger partial charge in [-0.2, -0.15) is 10.3 Å². The summed E-state index contributed by atoms with van der Waals surface area (Å²) in [5.41, 5.74) is 1.89. The molecule has 1 saturated heterocycles. The molecule has 0 atom stereocenters. The predicted molar refractivity (Wildman–Crippen MR) is 68.3 cm³/mol. The van der Waals surface area contributed by atoms with Gasteiger partial charge >= 0.3 is 6.36 Å². The summed E-state index contributed by atoms with van der Waals surface area (Å²) < 4.78 is 40.0. The first-order valence-corrected chi connectivity index (χ1v) is 6.31. The number of nitrogens with zero attached hydrogens (tertiary/aromatic N) is 2. The van der Waals surface area contributed by atoms with Crippen LogP contribution >= 0.6 is 0 Å². The summed E-state index contributed by atoms with van der Waals surface area (Å²) in [4.78, 5) is 0. The summed E-state index contributed by atoms with van der Waals surface area (Å²) in [5, 5.41) is 19.7. The topological polar surface area (TPSA) is 56.5 Å². The molecule has 0 unspecified atom stereocenters. The van der Waals surface area contributed by atoms with E-state index in [1.54, 1.807) is 0 Å². The molecule has 0 bridgehead atoms. The second-order valence-corrected chi connectivity index (χ2v) is 4.62. The predicted octanol–water partition coefficient (Wildman–Crippen LogP) is 3.35. The molecular weight excluding hydrogens is 285 g/mol. The number of hydroxylamine groups is 2. The Labute approximate surface area is 119 Å². The zero-order valence-corrected chi connectivity index (χ0v) is 11.0. The lowest BCUT2D eigenvalue weighted by atomic mass is 9.94. The van der Waals surface area contributed by atoms with Gasteiger partial charge in [-0.3, -0.25) is 0 Å². The third-order valence-electron chi connectivity index (χ3n) is 3.19. The molecule has 1 aromatic carbocycles. The van der Waals surface area contributed by atoms with E-state index in [0.717, 1.165) is 5.57 Å². The van der Waals surface area contributed by atoms with Gasteiger partial charge in [0.1, 0.15) is 5.75 Å². The molecule has 112 valence electrons. The lowest BCUT2D eigenvalue weighted by molar-refractivity contribution is -0.274. The van der Waals surface area contributed by atoms with Crippen LogP contribution in [0.15, 0.2) is 29.8 Å². The van der Waals surface area contributed by atoms with Crippen LogP contribution in [-0.2, 0) is 0 Å². The van der Waals surface area contributed by atoms with Gasteiger partial charge in [0.2, 0.25) is 0 Å². The van der Waals surface area contributed by atoms with Gasteiger partial charge < -0.3 is 9.94 Å². The van der Waals surface area contributed by atoms with Crippen LogP contribution in [0.5, 0.6) is 5.75 Å². The number of hydrogen-bond donors (Lipinski definition) is 1. The van der Waals surface area contributed by atoms with Crippen LogP contribution in [0.3, 0.4) is 0 Å². The van der Waals surface area contributed by atoms with Crippen molar-refractivity contribution in [1.82, 2.24) is 5.06 Å². The Hall–Kier alpha value is -2.04. The Morgan fingerprint density at radius 3 is 2.24 bits per heavy atom. The number of benzene rings is 1. The average molecular weight is 298 g/mol. The molecule has 1 heterocycles. The van der Waals surface area contributed by atoms with E-state index in [9.17, 15) is 23.6 Å². The lowest BCUT2D eigenvalue weighted by Crippen LogP contribution is -2.27. The van der Waals surface area contributed by atoms with E-state index >= 15 is 0 Å². The highest BCUT2D eigenvalue weighted by molar-refractivity contribution is 5.79. The number of hydrogen-bond acceptors (Lipinski definition) is 4. The second-order valence-electron chi connectivity index (χ2n) is 4.62. The average Bonchev–Trinajstić information content (AvgIpc) is 2.42. The molecule has 1 aliphatic heterocycles. The lowest BCUT2D eigenvalue weighted by Gasteiger charge is -2.23. The highest BCUT2D eigenvalue weighted by atomic mass is 19.4. The van der Waals surface area contributed by atoms with E-state index in [0.29, 0.717) is 37.1 Å². The summed E-state index contributed by atoms with van der Waals surface area (Å²) in [6, 6.07) is 7.31. The van der Waals surface area contributed by atoms with E-state index in [-0.39, 0.29) is 5.75 Å². The summed E-state index contributed by atoms with van der Waals surface area (Å²) in [6.07, 6.45) is -3.62. The van der Waals surface area contributed by atoms with Gasteiger partial charge in [0, 0.05) is 13.1 Å². The monoisotopic (exact) mass is 298 g/mol. The van der Waals surface area contributed by atoms with Gasteiger partial charge in [-0.1, -0.05) is 0 Å². The minimum Gasteiger partial charge on any atom is -0.406 e. The van der Waals surface area contributed by atoms with Crippen molar-refractivity contribution in [2.24, 2.45) is 0 Å². The fourth-order valence-corrected chi connectivity index (χ4v) is 2.19. The normalized spacial score (nSPS) is 16.4. The molecule has 1 N–H and O–H groups in total. The highest BCUT2D eigenvalue weighted by Gasteiger charge is 2.31. The van der Waals surface area contributed by atoms with Crippen LogP contribution in [0.2, 0.25) is 0 Å². The Bertz CT molecular complexity index is 563. The third-order valence-corrected chi connectivity index (χ3v) is 3.19. The number of nitriles is 1.